The van der Waals surface area contributed by atoms with Gasteiger partial charge in [0, 0.05) is 17.9 Å². The van der Waals surface area contributed by atoms with E-state index in [1.165, 1.54) is 0 Å². The lowest BCUT2D eigenvalue weighted by Crippen LogP contribution is -2.26. The van der Waals surface area contributed by atoms with Crippen molar-refractivity contribution in [2.75, 3.05) is 11.9 Å². The lowest BCUT2D eigenvalue weighted by atomic mass is 10.1. The molecule has 1 aliphatic heterocycles. The minimum atomic E-state index is -0.333. The minimum absolute atomic E-state index is 0.0866. The molecular formula is C15H17N5O2. The number of benzene rings is 1. The number of nitrogens with zero attached hydrogens (tertiary/aromatic N) is 4. The maximum atomic E-state index is 12.1. The van der Waals surface area contributed by atoms with Gasteiger partial charge in [-0.25, -0.2) is 4.68 Å². The van der Waals surface area contributed by atoms with Crippen LogP contribution in [0.3, 0.4) is 0 Å². The number of carbonyl (C=O) groups is 1. The van der Waals surface area contributed by atoms with Crippen LogP contribution < -0.4 is 5.32 Å². The maximum Gasteiger partial charge on any atom is 0.253 e. The van der Waals surface area contributed by atoms with Crippen molar-refractivity contribution in [3.8, 4) is 11.4 Å². The third-order valence-corrected chi connectivity index (χ3v) is 4.00. The Kier molecular flexibility index (Phi) is 3.34. The molecule has 0 radical (unpaired) electrons. The Morgan fingerprint density at radius 1 is 1.32 bits per heavy atom. The SMILES string of the molecule is O=C(Nc1cccc(-c2nnnn2C2CC2)c1)C1CCCO1. The summed E-state index contributed by atoms with van der Waals surface area (Å²) in [6.07, 6.45) is 3.63. The van der Waals surface area contributed by atoms with Crippen molar-refractivity contribution < 1.29 is 9.53 Å². The normalized spacial score (nSPS) is 21.0. The lowest BCUT2D eigenvalue weighted by molar-refractivity contribution is -0.124. The standard InChI is InChI=1S/C15H17N5O2/c21-15(13-5-2-8-22-13)16-11-4-1-3-10(9-11)14-17-18-19-20(14)12-6-7-12/h1,3-4,9,12-13H,2,5-8H2,(H,16,21). The van der Waals surface area contributed by atoms with Crippen LogP contribution in [0.1, 0.15) is 31.7 Å². The number of amides is 1. The summed E-state index contributed by atoms with van der Waals surface area (Å²) >= 11 is 0. The molecule has 1 aromatic heterocycles. The van der Waals surface area contributed by atoms with Crippen LogP contribution in [0.15, 0.2) is 24.3 Å². The van der Waals surface area contributed by atoms with Crippen LogP contribution in [0.4, 0.5) is 5.69 Å². The van der Waals surface area contributed by atoms with Crippen LogP contribution >= 0.6 is 0 Å². The summed E-state index contributed by atoms with van der Waals surface area (Å²) in [6.45, 7) is 0.661. The van der Waals surface area contributed by atoms with Gasteiger partial charge < -0.3 is 10.1 Å². The zero-order valence-electron chi connectivity index (χ0n) is 12.1. The highest BCUT2D eigenvalue weighted by molar-refractivity contribution is 5.94. The number of anilines is 1. The number of hydrogen-bond donors (Lipinski definition) is 1. The molecule has 114 valence electrons. The molecule has 1 N–H and O–H groups in total. The van der Waals surface area contributed by atoms with Gasteiger partial charge in [-0.05, 0) is 48.2 Å². The number of rotatable bonds is 4. The van der Waals surface area contributed by atoms with E-state index in [2.05, 4.69) is 20.8 Å². The first-order valence-electron chi connectivity index (χ1n) is 7.62. The Bertz CT molecular complexity index is 689. The molecule has 2 aromatic rings. The number of ether oxygens (including phenoxy) is 1. The molecule has 1 unspecified atom stereocenters. The average Bonchev–Trinajstić information content (AvgIpc) is 3.05. The molecule has 2 heterocycles. The summed E-state index contributed by atoms with van der Waals surface area (Å²) in [4.78, 5) is 12.1. The summed E-state index contributed by atoms with van der Waals surface area (Å²) in [5, 5.41) is 14.8. The fraction of sp³-hybridized carbons (Fsp3) is 0.467. The predicted molar refractivity (Wildman–Crippen MR) is 79.1 cm³/mol. The number of carbonyl (C=O) groups excluding carboxylic acids is 1. The van der Waals surface area contributed by atoms with Crippen molar-refractivity contribution in [3.05, 3.63) is 24.3 Å². The van der Waals surface area contributed by atoms with Crippen molar-refractivity contribution in [2.24, 2.45) is 0 Å². The molecule has 1 aromatic carbocycles. The Balaban J connectivity index is 1.55. The first-order chi connectivity index (χ1) is 10.8. The third-order valence-electron chi connectivity index (χ3n) is 4.00. The molecule has 22 heavy (non-hydrogen) atoms. The van der Waals surface area contributed by atoms with Gasteiger partial charge in [-0.1, -0.05) is 12.1 Å². The molecule has 2 aliphatic rings. The molecule has 0 spiro atoms. The molecule has 1 amide bonds. The zero-order valence-corrected chi connectivity index (χ0v) is 12.1. The smallest absolute Gasteiger partial charge is 0.253 e. The van der Waals surface area contributed by atoms with Crippen molar-refractivity contribution in [1.82, 2.24) is 20.2 Å². The number of tetrazole rings is 1. The third kappa shape index (κ3) is 2.59. The molecule has 1 saturated carbocycles. The van der Waals surface area contributed by atoms with E-state index in [9.17, 15) is 4.79 Å². The number of nitrogens with one attached hydrogen (secondary N) is 1. The van der Waals surface area contributed by atoms with E-state index in [0.717, 1.165) is 42.8 Å². The van der Waals surface area contributed by atoms with Crippen molar-refractivity contribution >= 4 is 11.6 Å². The van der Waals surface area contributed by atoms with Gasteiger partial charge in [0.2, 0.25) is 0 Å². The first kappa shape index (κ1) is 13.4. The van der Waals surface area contributed by atoms with Crippen LogP contribution in [0.2, 0.25) is 0 Å². The van der Waals surface area contributed by atoms with Gasteiger partial charge in [-0.3, -0.25) is 4.79 Å². The van der Waals surface area contributed by atoms with Gasteiger partial charge in [0.05, 0.1) is 6.04 Å². The van der Waals surface area contributed by atoms with E-state index >= 15 is 0 Å². The van der Waals surface area contributed by atoms with Crippen LogP contribution in [0.5, 0.6) is 0 Å². The van der Waals surface area contributed by atoms with Gasteiger partial charge in [0.1, 0.15) is 6.10 Å². The second-order valence-corrected chi connectivity index (χ2v) is 5.75. The quantitative estimate of drug-likeness (QED) is 0.930. The van der Waals surface area contributed by atoms with E-state index in [1.54, 1.807) is 0 Å². The summed E-state index contributed by atoms with van der Waals surface area (Å²) in [6, 6.07) is 8.02. The van der Waals surface area contributed by atoms with Crippen molar-refractivity contribution in [3.63, 3.8) is 0 Å². The Labute approximate surface area is 127 Å². The zero-order chi connectivity index (χ0) is 14.9. The summed E-state index contributed by atoms with van der Waals surface area (Å²) in [5.41, 5.74) is 1.64. The molecule has 0 bridgehead atoms. The van der Waals surface area contributed by atoms with Gasteiger partial charge in [-0.2, -0.15) is 0 Å². The Morgan fingerprint density at radius 2 is 2.23 bits per heavy atom. The van der Waals surface area contributed by atoms with Crippen LogP contribution in [0.25, 0.3) is 11.4 Å². The second-order valence-electron chi connectivity index (χ2n) is 5.75. The second kappa shape index (κ2) is 5.49. The molecule has 1 aliphatic carbocycles. The van der Waals surface area contributed by atoms with Crippen LogP contribution in [0, 0.1) is 0 Å². The number of aromatic nitrogens is 4. The van der Waals surface area contributed by atoms with E-state index in [1.807, 2.05) is 28.9 Å². The summed E-state index contributed by atoms with van der Waals surface area (Å²) < 4.78 is 7.26. The van der Waals surface area contributed by atoms with Crippen LogP contribution in [-0.2, 0) is 9.53 Å². The monoisotopic (exact) mass is 299 g/mol. The van der Waals surface area contributed by atoms with Gasteiger partial charge in [-0.15, -0.1) is 5.10 Å². The fourth-order valence-electron chi connectivity index (χ4n) is 2.69. The first-order valence-corrected chi connectivity index (χ1v) is 7.62. The Morgan fingerprint density at radius 3 is 3.00 bits per heavy atom. The molecule has 7 nitrogen and oxygen atoms in total. The maximum absolute atomic E-state index is 12.1. The van der Waals surface area contributed by atoms with Crippen LogP contribution in [-0.4, -0.2) is 38.8 Å². The molecular weight excluding hydrogens is 282 g/mol. The molecule has 7 heteroatoms. The lowest BCUT2D eigenvalue weighted by Gasteiger charge is -2.11. The van der Waals surface area contributed by atoms with Gasteiger partial charge in [0.25, 0.3) is 5.91 Å². The van der Waals surface area contributed by atoms with Crippen molar-refractivity contribution in [2.45, 2.75) is 37.8 Å². The molecule has 1 atom stereocenters. The van der Waals surface area contributed by atoms with E-state index in [-0.39, 0.29) is 12.0 Å². The molecule has 4 rings (SSSR count). The van der Waals surface area contributed by atoms with Gasteiger partial charge in [0.15, 0.2) is 5.82 Å². The van der Waals surface area contributed by atoms with E-state index in [0.29, 0.717) is 12.6 Å². The van der Waals surface area contributed by atoms with E-state index < -0.39 is 0 Å². The van der Waals surface area contributed by atoms with E-state index in [4.69, 9.17) is 4.74 Å². The highest BCUT2D eigenvalue weighted by atomic mass is 16.5. The highest BCUT2D eigenvalue weighted by Crippen LogP contribution is 2.36. The summed E-state index contributed by atoms with van der Waals surface area (Å²) in [5.74, 6) is 0.659. The topological polar surface area (TPSA) is 81.9 Å². The Hall–Kier alpha value is -2.28. The van der Waals surface area contributed by atoms with Gasteiger partial charge >= 0.3 is 0 Å². The fourth-order valence-corrected chi connectivity index (χ4v) is 2.69. The van der Waals surface area contributed by atoms with Crippen molar-refractivity contribution in [1.29, 1.82) is 0 Å². The molecule has 2 fully saturated rings. The average molecular weight is 299 g/mol. The largest absolute Gasteiger partial charge is 0.368 e. The minimum Gasteiger partial charge on any atom is -0.368 e. The highest BCUT2D eigenvalue weighted by Gasteiger charge is 2.28. The number of hydrogen-bond acceptors (Lipinski definition) is 5. The predicted octanol–water partition coefficient (Wildman–Crippen LogP) is 1.79. The summed E-state index contributed by atoms with van der Waals surface area (Å²) in [7, 11) is 0. The molecule has 1 saturated heterocycles.